The molecule has 4 nitrogen and oxygen atoms in total. The summed E-state index contributed by atoms with van der Waals surface area (Å²) in [7, 11) is -3.47. The lowest BCUT2D eigenvalue weighted by molar-refractivity contribution is 0.385. The van der Waals surface area contributed by atoms with Gasteiger partial charge in [0, 0.05) is 36.9 Å². The van der Waals surface area contributed by atoms with Crippen molar-refractivity contribution in [2.75, 3.05) is 31.1 Å². The third-order valence-electron chi connectivity index (χ3n) is 4.86. The average Bonchev–Trinajstić information content (AvgIpc) is 2.60. The number of sulfonamides is 1. The van der Waals surface area contributed by atoms with Crippen molar-refractivity contribution in [1.82, 2.24) is 4.31 Å². The number of anilines is 1. The maximum absolute atomic E-state index is 12.9. The molecule has 134 valence electrons. The van der Waals surface area contributed by atoms with Crippen molar-refractivity contribution in [2.45, 2.75) is 25.7 Å². The largest absolute Gasteiger partial charge is 0.369 e. The van der Waals surface area contributed by atoms with Crippen LogP contribution in [0.15, 0.2) is 41.3 Å². The number of halogens is 1. The van der Waals surface area contributed by atoms with Gasteiger partial charge in [-0.25, -0.2) is 8.42 Å². The third-order valence-corrected chi connectivity index (χ3v) is 7.18. The lowest BCUT2D eigenvalue weighted by Crippen LogP contribution is -2.48. The fraction of sp³-hybridized carbons (Fsp3) is 0.368. The summed E-state index contributed by atoms with van der Waals surface area (Å²) in [4.78, 5) is 2.56. The van der Waals surface area contributed by atoms with Gasteiger partial charge in [0.2, 0.25) is 10.0 Å². The number of rotatable bonds is 3. The molecule has 0 radical (unpaired) electrons. The van der Waals surface area contributed by atoms with Crippen molar-refractivity contribution in [3.05, 3.63) is 58.1 Å². The van der Waals surface area contributed by atoms with Gasteiger partial charge in [-0.3, -0.25) is 0 Å². The lowest BCUT2D eigenvalue weighted by atomic mass is 10.1. The monoisotopic (exact) mass is 378 g/mol. The number of hydrogen-bond donors (Lipinski definition) is 0. The highest BCUT2D eigenvalue weighted by atomic mass is 35.5. The number of benzene rings is 2. The van der Waals surface area contributed by atoms with Crippen LogP contribution in [0, 0.1) is 20.8 Å². The Morgan fingerprint density at radius 2 is 1.52 bits per heavy atom. The molecule has 6 heteroatoms. The van der Waals surface area contributed by atoms with E-state index in [-0.39, 0.29) is 0 Å². The molecular weight excluding hydrogens is 356 g/mol. The third kappa shape index (κ3) is 3.68. The molecule has 0 atom stereocenters. The predicted molar refractivity (Wildman–Crippen MR) is 103 cm³/mol. The van der Waals surface area contributed by atoms with E-state index in [2.05, 4.69) is 36.9 Å². The Kier molecular flexibility index (Phi) is 5.09. The zero-order valence-electron chi connectivity index (χ0n) is 14.8. The molecule has 0 aromatic heterocycles. The van der Waals surface area contributed by atoms with Crippen molar-refractivity contribution in [1.29, 1.82) is 0 Å². The Morgan fingerprint density at radius 3 is 2.12 bits per heavy atom. The van der Waals surface area contributed by atoms with Gasteiger partial charge >= 0.3 is 0 Å². The SMILES string of the molecule is Cc1ccc(N2CCN(S(=O)(=O)c3ccc(Cl)c(C)c3)CC2)cc1C. The van der Waals surface area contributed by atoms with Gasteiger partial charge in [-0.05, 0) is 67.8 Å². The smallest absolute Gasteiger partial charge is 0.243 e. The normalized spacial score (nSPS) is 16.2. The van der Waals surface area contributed by atoms with Crippen LogP contribution in [0.2, 0.25) is 5.02 Å². The van der Waals surface area contributed by atoms with Crippen LogP contribution in [0.1, 0.15) is 16.7 Å². The van der Waals surface area contributed by atoms with Gasteiger partial charge in [0.05, 0.1) is 4.90 Å². The summed E-state index contributed by atoms with van der Waals surface area (Å²) >= 11 is 6.01. The van der Waals surface area contributed by atoms with Gasteiger partial charge in [0.1, 0.15) is 0 Å². The summed E-state index contributed by atoms with van der Waals surface area (Å²) in [5.74, 6) is 0. The Morgan fingerprint density at radius 1 is 0.840 bits per heavy atom. The van der Waals surface area contributed by atoms with Crippen LogP contribution in [-0.2, 0) is 10.0 Å². The Labute approximate surface area is 155 Å². The summed E-state index contributed by atoms with van der Waals surface area (Å²) in [6.45, 7) is 8.36. The maximum atomic E-state index is 12.9. The minimum absolute atomic E-state index is 0.314. The molecule has 3 rings (SSSR count). The van der Waals surface area contributed by atoms with E-state index in [1.54, 1.807) is 22.5 Å². The Balaban J connectivity index is 1.74. The first-order valence-electron chi connectivity index (χ1n) is 8.37. The molecular formula is C19H23ClN2O2S. The first kappa shape index (κ1) is 18.2. The second-order valence-electron chi connectivity index (χ2n) is 6.57. The molecule has 0 aliphatic carbocycles. The quantitative estimate of drug-likeness (QED) is 0.816. The minimum Gasteiger partial charge on any atom is -0.369 e. The van der Waals surface area contributed by atoms with Crippen molar-refractivity contribution >= 4 is 27.3 Å². The highest BCUT2D eigenvalue weighted by molar-refractivity contribution is 7.89. The van der Waals surface area contributed by atoms with Gasteiger partial charge in [-0.15, -0.1) is 0 Å². The standard InChI is InChI=1S/C19H23ClN2O2S/c1-14-4-5-17(12-15(14)2)21-8-10-22(11-9-21)25(23,24)18-6-7-19(20)16(3)13-18/h4-7,12-13H,8-11H2,1-3H3. The summed E-state index contributed by atoms with van der Waals surface area (Å²) in [6, 6.07) is 11.3. The second kappa shape index (κ2) is 6.98. The maximum Gasteiger partial charge on any atom is 0.243 e. The molecule has 2 aromatic carbocycles. The van der Waals surface area contributed by atoms with E-state index in [1.165, 1.54) is 11.1 Å². The molecule has 1 heterocycles. The molecule has 1 aliphatic rings. The molecule has 0 bridgehead atoms. The molecule has 2 aromatic rings. The first-order valence-corrected chi connectivity index (χ1v) is 10.2. The van der Waals surface area contributed by atoms with E-state index in [4.69, 9.17) is 11.6 Å². The summed E-state index contributed by atoms with van der Waals surface area (Å²) < 4.78 is 27.3. The second-order valence-corrected chi connectivity index (χ2v) is 8.92. The van der Waals surface area contributed by atoms with E-state index in [1.807, 2.05) is 6.92 Å². The zero-order valence-corrected chi connectivity index (χ0v) is 16.4. The van der Waals surface area contributed by atoms with Gasteiger partial charge in [0.25, 0.3) is 0 Å². The lowest BCUT2D eigenvalue weighted by Gasteiger charge is -2.35. The molecule has 0 spiro atoms. The van der Waals surface area contributed by atoms with E-state index in [0.717, 1.165) is 11.3 Å². The van der Waals surface area contributed by atoms with Gasteiger partial charge in [-0.1, -0.05) is 17.7 Å². The highest BCUT2D eigenvalue weighted by Crippen LogP contribution is 2.25. The van der Waals surface area contributed by atoms with Crippen LogP contribution >= 0.6 is 11.6 Å². The molecule has 0 unspecified atom stereocenters. The van der Waals surface area contributed by atoms with Crippen LogP contribution in [-0.4, -0.2) is 38.9 Å². The fourth-order valence-corrected chi connectivity index (χ4v) is 4.66. The van der Waals surface area contributed by atoms with Crippen LogP contribution in [0.3, 0.4) is 0 Å². The number of piperazine rings is 1. The molecule has 0 N–H and O–H groups in total. The van der Waals surface area contributed by atoms with Crippen molar-refractivity contribution in [2.24, 2.45) is 0 Å². The molecule has 1 saturated heterocycles. The van der Waals surface area contributed by atoms with Crippen molar-refractivity contribution < 1.29 is 8.42 Å². The minimum atomic E-state index is -3.47. The molecule has 1 aliphatic heterocycles. The van der Waals surface area contributed by atoms with Gasteiger partial charge < -0.3 is 4.90 Å². The fourth-order valence-electron chi connectivity index (χ4n) is 3.04. The Bertz CT molecular complexity index is 888. The van der Waals surface area contributed by atoms with Crippen LogP contribution in [0.25, 0.3) is 0 Å². The highest BCUT2D eigenvalue weighted by Gasteiger charge is 2.28. The Hall–Kier alpha value is -1.56. The van der Waals surface area contributed by atoms with E-state index in [9.17, 15) is 8.42 Å². The van der Waals surface area contributed by atoms with E-state index >= 15 is 0 Å². The molecule has 25 heavy (non-hydrogen) atoms. The zero-order chi connectivity index (χ0) is 18.2. The van der Waals surface area contributed by atoms with Gasteiger partial charge in [-0.2, -0.15) is 4.31 Å². The van der Waals surface area contributed by atoms with E-state index in [0.29, 0.717) is 36.1 Å². The summed E-state index contributed by atoms with van der Waals surface area (Å²) in [5, 5.41) is 0.582. The first-order chi connectivity index (χ1) is 11.8. The number of aryl methyl sites for hydroxylation is 3. The molecule has 0 amide bonds. The summed E-state index contributed by atoms with van der Waals surface area (Å²) in [5.41, 5.74) is 4.45. The van der Waals surface area contributed by atoms with Crippen molar-refractivity contribution in [3.8, 4) is 0 Å². The summed E-state index contributed by atoms with van der Waals surface area (Å²) in [6.07, 6.45) is 0. The van der Waals surface area contributed by atoms with Crippen LogP contribution < -0.4 is 4.90 Å². The van der Waals surface area contributed by atoms with Crippen LogP contribution in [0.4, 0.5) is 5.69 Å². The molecule has 0 saturated carbocycles. The number of nitrogens with zero attached hydrogens (tertiary/aromatic N) is 2. The van der Waals surface area contributed by atoms with Crippen LogP contribution in [0.5, 0.6) is 0 Å². The van der Waals surface area contributed by atoms with Crippen molar-refractivity contribution in [3.63, 3.8) is 0 Å². The van der Waals surface area contributed by atoms with E-state index < -0.39 is 10.0 Å². The number of hydrogen-bond acceptors (Lipinski definition) is 3. The predicted octanol–water partition coefficient (Wildman–Crippen LogP) is 3.78. The average molecular weight is 379 g/mol. The topological polar surface area (TPSA) is 40.6 Å². The molecule has 1 fully saturated rings. The van der Waals surface area contributed by atoms with Gasteiger partial charge in [0.15, 0.2) is 0 Å².